The van der Waals surface area contributed by atoms with Crippen molar-refractivity contribution in [2.75, 3.05) is 13.2 Å². The lowest BCUT2D eigenvalue weighted by molar-refractivity contribution is 0.185. The Morgan fingerprint density at radius 1 is 1.38 bits per heavy atom. The maximum Gasteiger partial charge on any atom is 0.262 e. The van der Waals surface area contributed by atoms with Gasteiger partial charge in [0.1, 0.15) is 17.2 Å². The third-order valence-corrected chi connectivity index (χ3v) is 3.59. The quantitative estimate of drug-likeness (QED) is 0.904. The predicted molar refractivity (Wildman–Crippen MR) is 74.5 cm³/mol. The molecule has 1 atom stereocenters. The lowest BCUT2D eigenvalue weighted by Crippen LogP contribution is -2.16. The summed E-state index contributed by atoms with van der Waals surface area (Å²) in [5.74, 6) is 0.0165. The van der Waals surface area contributed by atoms with E-state index in [9.17, 15) is 14.3 Å². The molecule has 110 valence electrons. The third-order valence-electron chi connectivity index (χ3n) is 3.59. The lowest BCUT2D eigenvalue weighted by atomic mass is 10.0. The van der Waals surface area contributed by atoms with Gasteiger partial charge in [-0.1, -0.05) is 12.1 Å². The van der Waals surface area contributed by atoms with Crippen LogP contribution in [-0.4, -0.2) is 28.3 Å². The van der Waals surface area contributed by atoms with E-state index in [1.165, 1.54) is 24.3 Å². The fourth-order valence-electron chi connectivity index (χ4n) is 2.50. The van der Waals surface area contributed by atoms with Crippen molar-refractivity contribution in [2.45, 2.75) is 12.8 Å². The number of nitrogens with zero attached hydrogens (tertiary/aromatic N) is 1. The van der Waals surface area contributed by atoms with E-state index in [-0.39, 0.29) is 11.4 Å². The molecule has 1 aromatic heterocycles. The molecule has 1 aliphatic heterocycles. The minimum atomic E-state index is -0.428. The van der Waals surface area contributed by atoms with Crippen LogP contribution in [0.5, 0.6) is 5.88 Å². The molecule has 1 aromatic carbocycles. The van der Waals surface area contributed by atoms with Crippen LogP contribution in [0.25, 0.3) is 11.1 Å². The van der Waals surface area contributed by atoms with Crippen LogP contribution in [0.4, 0.5) is 4.39 Å². The molecule has 0 bridgehead atoms. The number of rotatable bonds is 3. The summed E-state index contributed by atoms with van der Waals surface area (Å²) < 4.78 is 18.2. The number of benzene rings is 1. The fourth-order valence-corrected chi connectivity index (χ4v) is 2.50. The average molecular weight is 290 g/mol. The summed E-state index contributed by atoms with van der Waals surface area (Å²) in [6.07, 6.45) is 1.48. The number of hydrogen-bond donors (Lipinski definition) is 2. The van der Waals surface area contributed by atoms with Gasteiger partial charge in [-0.2, -0.15) is 4.98 Å². The van der Waals surface area contributed by atoms with Crippen LogP contribution in [-0.2, 0) is 11.2 Å². The molecular formula is C15H15FN2O3. The molecule has 2 N–H and O–H groups in total. The van der Waals surface area contributed by atoms with Crippen molar-refractivity contribution in [3.63, 3.8) is 0 Å². The maximum absolute atomic E-state index is 12.9. The fraction of sp³-hybridized carbons (Fsp3) is 0.333. The molecule has 0 saturated carbocycles. The van der Waals surface area contributed by atoms with Gasteiger partial charge in [-0.25, -0.2) is 4.39 Å². The molecule has 2 heterocycles. The monoisotopic (exact) mass is 290 g/mol. The Morgan fingerprint density at radius 2 is 2.14 bits per heavy atom. The number of aromatic hydroxyl groups is 1. The van der Waals surface area contributed by atoms with Gasteiger partial charge in [0.2, 0.25) is 5.88 Å². The standard InChI is InChI=1S/C15H15FN2O3/c16-11-3-1-10(2-4-11)13-14(19)17-12(18-15(13)20)7-9-5-6-21-8-9/h1-4,9H,5-8H2,(H2,17,18,19,20). The number of hydrogen-bond acceptors (Lipinski definition) is 4. The van der Waals surface area contributed by atoms with Gasteiger partial charge in [0.25, 0.3) is 5.56 Å². The molecule has 1 saturated heterocycles. The Morgan fingerprint density at radius 3 is 2.76 bits per heavy atom. The normalized spacial score (nSPS) is 18.0. The van der Waals surface area contributed by atoms with Gasteiger partial charge in [0.15, 0.2) is 0 Å². The SMILES string of the molecule is O=c1[nH]c(CC2CCOC2)nc(O)c1-c1ccc(F)cc1. The second-order valence-electron chi connectivity index (χ2n) is 5.15. The Hall–Kier alpha value is -2.21. The van der Waals surface area contributed by atoms with Crippen LogP contribution in [0.15, 0.2) is 29.1 Å². The Bertz CT molecular complexity index is 691. The first-order chi connectivity index (χ1) is 10.1. The highest BCUT2D eigenvalue weighted by atomic mass is 19.1. The van der Waals surface area contributed by atoms with Gasteiger partial charge in [-0.15, -0.1) is 0 Å². The van der Waals surface area contributed by atoms with Gasteiger partial charge >= 0.3 is 0 Å². The first-order valence-electron chi connectivity index (χ1n) is 6.79. The summed E-state index contributed by atoms with van der Waals surface area (Å²) in [7, 11) is 0. The van der Waals surface area contributed by atoms with Crippen molar-refractivity contribution in [1.82, 2.24) is 9.97 Å². The van der Waals surface area contributed by atoms with Crippen molar-refractivity contribution in [2.24, 2.45) is 5.92 Å². The molecule has 5 nitrogen and oxygen atoms in total. The summed E-state index contributed by atoms with van der Waals surface area (Å²) in [6, 6.07) is 5.34. The topological polar surface area (TPSA) is 75.2 Å². The molecule has 2 aromatic rings. The van der Waals surface area contributed by atoms with Gasteiger partial charge in [0.05, 0.1) is 0 Å². The van der Waals surface area contributed by atoms with Gasteiger partial charge in [0, 0.05) is 19.6 Å². The first-order valence-corrected chi connectivity index (χ1v) is 6.79. The van der Waals surface area contributed by atoms with E-state index < -0.39 is 11.4 Å². The second-order valence-corrected chi connectivity index (χ2v) is 5.15. The maximum atomic E-state index is 12.9. The van der Waals surface area contributed by atoms with Gasteiger partial charge in [-0.3, -0.25) is 4.79 Å². The van der Waals surface area contributed by atoms with E-state index in [1.807, 2.05) is 0 Å². The lowest BCUT2D eigenvalue weighted by Gasteiger charge is -2.09. The van der Waals surface area contributed by atoms with Crippen LogP contribution in [0.1, 0.15) is 12.2 Å². The highest BCUT2D eigenvalue weighted by molar-refractivity contribution is 5.67. The number of aromatic nitrogens is 2. The number of ether oxygens (including phenoxy) is 1. The summed E-state index contributed by atoms with van der Waals surface area (Å²) in [5.41, 5.74) is 0.0582. The minimum Gasteiger partial charge on any atom is -0.493 e. The van der Waals surface area contributed by atoms with Crippen LogP contribution < -0.4 is 5.56 Å². The molecule has 0 amide bonds. The predicted octanol–water partition coefficient (Wildman–Crippen LogP) is 1.86. The number of aromatic amines is 1. The average Bonchev–Trinajstić information content (AvgIpc) is 2.93. The molecule has 1 fully saturated rings. The minimum absolute atomic E-state index is 0.0569. The Kier molecular flexibility index (Phi) is 3.70. The highest BCUT2D eigenvalue weighted by Gasteiger charge is 2.19. The van der Waals surface area contributed by atoms with Crippen LogP contribution in [0, 0.1) is 11.7 Å². The molecule has 3 rings (SSSR count). The van der Waals surface area contributed by atoms with Gasteiger partial charge < -0.3 is 14.8 Å². The zero-order chi connectivity index (χ0) is 14.8. The van der Waals surface area contributed by atoms with E-state index in [0.717, 1.165) is 6.42 Å². The zero-order valence-electron chi connectivity index (χ0n) is 11.3. The van der Waals surface area contributed by atoms with E-state index >= 15 is 0 Å². The van der Waals surface area contributed by atoms with Crippen molar-refractivity contribution >= 4 is 0 Å². The summed E-state index contributed by atoms with van der Waals surface area (Å²) in [5, 5.41) is 10.0. The third kappa shape index (κ3) is 2.95. The summed E-state index contributed by atoms with van der Waals surface area (Å²) >= 11 is 0. The number of H-pyrrole nitrogens is 1. The molecule has 0 aliphatic carbocycles. The number of halogens is 1. The first kappa shape index (κ1) is 13.8. The van der Waals surface area contributed by atoms with Crippen molar-refractivity contribution in [3.8, 4) is 17.0 Å². The molecular weight excluding hydrogens is 275 g/mol. The smallest absolute Gasteiger partial charge is 0.262 e. The molecule has 1 unspecified atom stereocenters. The van der Waals surface area contributed by atoms with Crippen molar-refractivity contribution in [1.29, 1.82) is 0 Å². The number of nitrogens with one attached hydrogen (secondary N) is 1. The van der Waals surface area contributed by atoms with Gasteiger partial charge in [-0.05, 0) is 30.0 Å². The van der Waals surface area contributed by atoms with E-state index in [2.05, 4.69) is 9.97 Å². The van der Waals surface area contributed by atoms with Crippen LogP contribution >= 0.6 is 0 Å². The van der Waals surface area contributed by atoms with Crippen LogP contribution in [0.3, 0.4) is 0 Å². The molecule has 1 aliphatic rings. The van der Waals surface area contributed by atoms with Crippen LogP contribution in [0.2, 0.25) is 0 Å². The van der Waals surface area contributed by atoms with Crippen molar-refractivity contribution < 1.29 is 14.2 Å². The summed E-state index contributed by atoms with van der Waals surface area (Å²) in [4.78, 5) is 18.9. The molecule has 0 spiro atoms. The van der Waals surface area contributed by atoms with E-state index in [1.54, 1.807) is 0 Å². The van der Waals surface area contributed by atoms with E-state index in [4.69, 9.17) is 4.74 Å². The molecule has 0 radical (unpaired) electrons. The van der Waals surface area contributed by atoms with Crippen molar-refractivity contribution in [3.05, 3.63) is 46.3 Å². The highest BCUT2D eigenvalue weighted by Crippen LogP contribution is 2.24. The zero-order valence-corrected chi connectivity index (χ0v) is 11.3. The largest absolute Gasteiger partial charge is 0.493 e. The second kappa shape index (κ2) is 5.65. The Balaban J connectivity index is 1.92. The molecule has 21 heavy (non-hydrogen) atoms. The molecule has 6 heteroatoms. The Labute approximate surface area is 120 Å². The van der Waals surface area contributed by atoms with E-state index in [0.29, 0.717) is 36.9 Å². The summed E-state index contributed by atoms with van der Waals surface area (Å²) in [6.45, 7) is 1.36.